The van der Waals surface area contributed by atoms with E-state index in [1.54, 1.807) is 0 Å². The second-order valence-corrected chi connectivity index (χ2v) is 3.60. The normalized spacial score (nSPS) is 11.5. The number of hydrogen-bond donors (Lipinski definition) is 4. The van der Waals surface area contributed by atoms with Crippen LogP contribution in [0.4, 0.5) is 0 Å². The molecule has 4 N–H and O–H groups in total. The second-order valence-electron chi connectivity index (χ2n) is 3.60. The Hall–Kier alpha value is -2.41. The van der Waals surface area contributed by atoms with Gasteiger partial charge in [0.1, 0.15) is 5.70 Å². The lowest BCUT2D eigenvalue weighted by Gasteiger charge is -2.17. The van der Waals surface area contributed by atoms with E-state index in [-0.39, 0.29) is 28.5 Å². The first-order chi connectivity index (χ1) is 8.90. The molecule has 104 valence electrons. The molecule has 1 rings (SSSR count). The van der Waals surface area contributed by atoms with Crippen molar-refractivity contribution in [2.75, 3.05) is 14.2 Å². The van der Waals surface area contributed by atoms with Crippen LogP contribution in [-0.4, -0.2) is 35.5 Å². The van der Waals surface area contributed by atoms with Gasteiger partial charge >= 0.3 is 5.97 Å². The third-order valence-corrected chi connectivity index (χ3v) is 2.39. The molecule has 1 unspecified atom stereocenters. The molecule has 1 atom stereocenters. The van der Waals surface area contributed by atoms with Crippen molar-refractivity contribution in [3.8, 4) is 17.2 Å². The molecule has 19 heavy (non-hydrogen) atoms. The minimum absolute atomic E-state index is 0.0936. The van der Waals surface area contributed by atoms with E-state index >= 15 is 0 Å². The molecule has 1 aromatic rings. The van der Waals surface area contributed by atoms with Crippen molar-refractivity contribution in [3.05, 3.63) is 30.0 Å². The van der Waals surface area contributed by atoms with Gasteiger partial charge in [-0.2, -0.15) is 0 Å². The summed E-state index contributed by atoms with van der Waals surface area (Å²) in [6.45, 7) is 3.24. The molecule has 0 radical (unpaired) electrons. The van der Waals surface area contributed by atoms with Crippen molar-refractivity contribution in [1.82, 2.24) is 5.32 Å². The summed E-state index contributed by atoms with van der Waals surface area (Å²) < 4.78 is 9.85. The Morgan fingerprint density at radius 2 is 1.79 bits per heavy atom. The van der Waals surface area contributed by atoms with Crippen LogP contribution in [0.25, 0.3) is 0 Å². The third-order valence-electron chi connectivity index (χ3n) is 2.39. The highest BCUT2D eigenvalue weighted by molar-refractivity contribution is 5.85. The molecular formula is C12H15NO6. The Labute approximate surface area is 109 Å². The number of aromatic hydroxyl groups is 1. The monoisotopic (exact) mass is 269 g/mol. The molecule has 0 aliphatic carbocycles. The Balaban J connectivity index is 3.06. The number of rotatable bonds is 6. The summed E-state index contributed by atoms with van der Waals surface area (Å²) in [4.78, 5) is 10.6. The summed E-state index contributed by atoms with van der Waals surface area (Å²) in [5.41, 5.74) is -0.104. The first-order valence-electron chi connectivity index (χ1n) is 5.22. The van der Waals surface area contributed by atoms with Gasteiger partial charge < -0.3 is 30.1 Å². The minimum Gasteiger partial charge on any atom is -0.502 e. The Morgan fingerprint density at radius 1 is 1.32 bits per heavy atom. The number of carboxylic acid groups (broad SMARTS) is 1. The van der Waals surface area contributed by atoms with Gasteiger partial charge in [-0.3, -0.25) is 0 Å². The zero-order chi connectivity index (χ0) is 14.6. The number of hydrogen-bond acceptors (Lipinski definition) is 6. The Morgan fingerprint density at radius 3 is 2.16 bits per heavy atom. The lowest BCUT2D eigenvalue weighted by Crippen LogP contribution is -2.24. The average Bonchev–Trinajstić information content (AvgIpc) is 2.38. The van der Waals surface area contributed by atoms with Crippen LogP contribution < -0.4 is 14.8 Å². The van der Waals surface area contributed by atoms with Gasteiger partial charge in [0, 0.05) is 5.56 Å². The van der Waals surface area contributed by atoms with Gasteiger partial charge in [-0.15, -0.1) is 0 Å². The van der Waals surface area contributed by atoms with Crippen molar-refractivity contribution >= 4 is 5.97 Å². The molecule has 0 spiro atoms. The van der Waals surface area contributed by atoms with Crippen LogP contribution in [0, 0.1) is 0 Å². The maximum Gasteiger partial charge on any atom is 0.351 e. The summed E-state index contributed by atoms with van der Waals surface area (Å²) in [6.07, 6.45) is -1.33. The number of aliphatic hydroxyl groups is 1. The number of nitrogens with one attached hydrogen (secondary N) is 1. The molecule has 1 aromatic carbocycles. The summed E-state index contributed by atoms with van der Waals surface area (Å²) in [5.74, 6) is -1.30. The van der Waals surface area contributed by atoms with E-state index in [0.717, 1.165) is 0 Å². The maximum absolute atomic E-state index is 10.6. The molecule has 0 aliphatic heterocycles. The van der Waals surface area contributed by atoms with Crippen LogP contribution in [0.15, 0.2) is 24.4 Å². The van der Waals surface area contributed by atoms with Gasteiger partial charge in [0.25, 0.3) is 0 Å². The topological polar surface area (TPSA) is 108 Å². The highest BCUT2D eigenvalue weighted by Crippen LogP contribution is 2.38. The largest absolute Gasteiger partial charge is 0.502 e. The average molecular weight is 269 g/mol. The molecular weight excluding hydrogens is 254 g/mol. The highest BCUT2D eigenvalue weighted by Gasteiger charge is 2.17. The second kappa shape index (κ2) is 5.96. The van der Waals surface area contributed by atoms with E-state index in [4.69, 9.17) is 14.6 Å². The van der Waals surface area contributed by atoms with Crippen LogP contribution in [0.2, 0.25) is 0 Å². The lowest BCUT2D eigenvalue weighted by atomic mass is 10.1. The van der Waals surface area contributed by atoms with Crippen molar-refractivity contribution < 1.29 is 29.6 Å². The standard InChI is InChI=1S/C12H15NO6/c1-6(12(16)17)13-11(15)7-4-8(18-2)10(14)9(5-7)19-3/h4-5,11,13-15H,1H2,2-3H3,(H,16,17). The molecule has 0 fully saturated rings. The van der Waals surface area contributed by atoms with Crippen LogP contribution in [0.3, 0.4) is 0 Å². The number of methoxy groups -OCH3 is 2. The third kappa shape index (κ3) is 3.29. The van der Waals surface area contributed by atoms with Crippen LogP contribution in [-0.2, 0) is 4.79 Å². The quantitative estimate of drug-likeness (QED) is 0.442. The lowest BCUT2D eigenvalue weighted by molar-refractivity contribution is -0.133. The summed E-state index contributed by atoms with van der Waals surface area (Å²) in [5, 5.41) is 30.5. The van der Waals surface area contributed by atoms with Crippen molar-refractivity contribution in [3.63, 3.8) is 0 Å². The summed E-state index contributed by atoms with van der Waals surface area (Å²) >= 11 is 0. The van der Waals surface area contributed by atoms with E-state index in [9.17, 15) is 15.0 Å². The predicted molar refractivity (Wildman–Crippen MR) is 66.1 cm³/mol. The van der Waals surface area contributed by atoms with Gasteiger partial charge in [0.2, 0.25) is 5.75 Å². The fraction of sp³-hybridized carbons (Fsp3) is 0.250. The fourth-order valence-electron chi connectivity index (χ4n) is 1.38. The minimum atomic E-state index is -1.33. The van der Waals surface area contributed by atoms with E-state index in [0.29, 0.717) is 0 Å². The number of carboxylic acids is 1. The predicted octanol–water partition coefficient (Wildman–Crippen LogP) is 0.588. The molecule has 0 bridgehead atoms. The number of phenolic OH excluding ortho intramolecular Hbond substituents is 1. The van der Waals surface area contributed by atoms with Gasteiger partial charge in [-0.25, -0.2) is 4.79 Å². The van der Waals surface area contributed by atoms with Gasteiger partial charge in [0.05, 0.1) is 14.2 Å². The van der Waals surface area contributed by atoms with Gasteiger partial charge in [0.15, 0.2) is 17.7 Å². The highest BCUT2D eigenvalue weighted by atomic mass is 16.5. The zero-order valence-electron chi connectivity index (χ0n) is 10.5. The zero-order valence-corrected chi connectivity index (χ0v) is 10.5. The molecule has 0 saturated heterocycles. The number of carbonyl (C=O) groups is 1. The number of phenols is 1. The summed E-state index contributed by atoms with van der Waals surface area (Å²) in [6, 6.07) is 2.70. The Bertz CT molecular complexity index is 474. The van der Waals surface area contributed by atoms with Crippen molar-refractivity contribution in [2.24, 2.45) is 0 Å². The van der Waals surface area contributed by atoms with E-state index in [1.807, 2.05) is 0 Å². The molecule has 7 nitrogen and oxygen atoms in total. The summed E-state index contributed by atoms with van der Waals surface area (Å²) in [7, 11) is 2.68. The SMILES string of the molecule is C=C(NC(O)c1cc(OC)c(O)c(OC)c1)C(=O)O. The number of aliphatic carboxylic acids is 1. The van der Waals surface area contributed by atoms with Crippen LogP contribution >= 0.6 is 0 Å². The Kier molecular flexibility index (Phi) is 4.60. The number of benzene rings is 1. The van der Waals surface area contributed by atoms with Crippen LogP contribution in [0.1, 0.15) is 11.8 Å². The molecule has 0 aliphatic rings. The molecule has 0 amide bonds. The molecule has 0 saturated carbocycles. The van der Waals surface area contributed by atoms with E-state index in [1.165, 1.54) is 26.4 Å². The molecule has 0 heterocycles. The van der Waals surface area contributed by atoms with Crippen molar-refractivity contribution in [2.45, 2.75) is 6.23 Å². The van der Waals surface area contributed by atoms with Crippen LogP contribution in [0.5, 0.6) is 17.2 Å². The fourth-order valence-corrected chi connectivity index (χ4v) is 1.38. The van der Waals surface area contributed by atoms with E-state index < -0.39 is 12.2 Å². The van der Waals surface area contributed by atoms with Gasteiger partial charge in [-0.1, -0.05) is 6.58 Å². The molecule has 7 heteroatoms. The number of aliphatic hydroxyl groups excluding tert-OH is 1. The smallest absolute Gasteiger partial charge is 0.351 e. The van der Waals surface area contributed by atoms with Crippen molar-refractivity contribution in [1.29, 1.82) is 0 Å². The van der Waals surface area contributed by atoms with Gasteiger partial charge in [-0.05, 0) is 12.1 Å². The first-order valence-corrected chi connectivity index (χ1v) is 5.22. The van der Waals surface area contributed by atoms with E-state index in [2.05, 4.69) is 11.9 Å². The first kappa shape index (κ1) is 14.7. The maximum atomic E-state index is 10.6. The molecule has 0 aromatic heterocycles. The number of ether oxygens (including phenoxy) is 2.